The van der Waals surface area contributed by atoms with Crippen molar-refractivity contribution < 1.29 is 22.7 Å². The van der Waals surface area contributed by atoms with E-state index in [-0.39, 0.29) is 25.0 Å². The van der Waals surface area contributed by atoms with Gasteiger partial charge in [-0.1, -0.05) is 15.9 Å². The van der Waals surface area contributed by atoms with Crippen molar-refractivity contribution >= 4 is 21.7 Å². The van der Waals surface area contributed by atoms with Gasteiger partial charge >= 0.3 is 6.18 Å². The van der Waals surface area contributed by atoms with Gasteiger partial charge < -0.3 is 4.74 Å². The molecule has 2 atom stereocenters. The number of carbonyl (C=O) groups is 1. The molecule has 114 valence electrons. The Labute approximate surface area is 128 Å². The molecule has 2 aliphatic rings. The van der Waals surface area contributed by atoms with Gasteiger partial charge in [-0.3, -0.25) is 4.79 Å². The van der Waals surface area contributed by atoms with Crippen LogP contribution in [-0.4, -0.2) is 17.6 Å². The van der Waals surface area contributed by atoms with Crippen LogP contribution in [0.25, 0.3) is 0 Å². The molecule has 1 aromatic carbocycles. The molecule has 0 amide bonds. The van der Waals surface area contributed by atoms with Crippen LogP contribution in [0.1, 0.15) is 42.5 Å². The minimum atomic E-state index is -4.22. The van der Waals surface area contributed by atoms with Gasteiger partial charge in [0.15, 0.2) is 5.78 Å². The van der Waals surface area contributed by atoms with E-state index >= 15 is 0 Å². The van der Waals surface area contributed by atoms with E-state index < -0.39 is 17.7 Å². The smallest absolute Gasteiger partial charge is 0.391 e. The Hall–Kier alpha value is -1.04. The first-order valence-corrected chi connectivity index (χ1v) is 7.67. The van der Waals surface area contributed by atoms with Crippen molar-refractivity contribution in [2.24, 2.45) is 5.92 Å². The summed E-state index contributed by atoms with van der Waals surface area (Å²) in [6, 6.07) is 5.04. The van der Waals surface area contributed by atoms with Gasteiger partial charge in [-0.15, -0.1) is 0 Å². The number of fused-ring (bicyclic) bond motifs is 1. The normalized spacial score (nSPS) is 29.1. The lowest BCUT2D eigenvalue weighted by atomic mass is 9.73. The lowest BCUT2D eigenvalue weighted by Gasteiger charge is -2.43. The molecule has 1 heterocycles. The number of ether oxygens (including phenoxy) is 1. The molecule has 1 aliphatic carbocycles. The van der Waals surface area contributed by atoms with Gasteiger partial charge in [0.25, 0.3) is 0 Å². The van der Waals surface area contributed by atoms with Crippen LogP contribution in [0.15, 0.2) is 22.7 Å². The summed E-state index contributed by atoms with van der Waals surface area (Å²) in [5.41, 5.74) is -0.541. The lowest BCUT2D eigenvalue weighted by Crippen LogP contribution is -2.48. The molecule has 6 heteroatoms. The van der Waals surface area contributed by atoms with Gasteiger partial charge in [0, 0.05) is 4.47 Å². The van der Waals surface area contributed by atoms with Gasteiger partial charge in [-0.05, 0) is 43.9 Å². The molecule has 1 fully saturated rings. The van der Waals surface area contributed by atoms with Gasteiger partial charge in [0.1, 0.15) is 11.4 Å². The van der Waals surface area contributed by atoms with Crippen molar-refractivity contribution in [3.63, 3.8) is 0 Å². The highest BCUT2D eigenvalue weighted by molar-refractivity contribution is 9.10. The fraction of sp³-hybridized carbons (Fsp3) is 0.533. The molecule has 1 aromatic rings. The summed E-state index contributed by atoms with van der Waals surface area (Å²) in [4.78, 5) is 12.3. The van der Waals surface area contributed by atoms with E-state index in [1.807, 2.05) is 0 Å². The maximum absolute atomic E-state index is 13.0. The van der Waals surface area contributed by atoms with Crippen molar-refractivity contribution in [3.8, 4) is 5.75 Å². The van der Waals surface area contributed by atoms with Crippen LogP contribution in [0.4, 0.5) is 13.2 Å². The molecule has 1 saturated carbocycles. The Balaban J connectivity index is 1.90. The number of benzene rings is 1. The highest BCUT2D eigenvalue weighted by atomic mass is 79.9. The monoisotopic (exact) mass is 362 g/mol. The van der Waals surface area contributed by atoms with Crippen LogP contribution in [0, 0.1) is 5.92 Å². The second kappa shape index (κ2) is 5.00. The minimum Gasteiger partial charge on any atom is -0.486 e. The van der Waals surface area contributed by atoms with Crippen LogP contribution >= 0.6 is 15.9 Å². The third kappa shape index (κ3) is 2.82. The summed E-state index contributed by atoms with van der Waals surface area (Å²) in [6.45, 7) is 0. The predicted molar refractivity (Wildman–Crippen MR) is 74.5 cm³/mol. The van der Waals surface area contributed by atoms with E-state index in [4.69, 9.17) is 4.74 Å². The number of halogens is 4. The zero-order valence-electron chi connectivity index (χ0n) is 11.2. The number of hydrogen-bond donors (Lipinski definition) is 0. The van der Waals surface area contributed by atoms with Gasteiger partial charge in [0.2, 0.25) is 0 Å². The fourth-order valence-electron chi connectivity index (χ4n) is 3.32. The number of rotatable bonds is 0. The SMILES string of the molecule is O=C1CC2(CCCC(C(F)(F)F)C2)Oc2ccc(Br)cc21. The van der Waals surface area contributed by atoms with E-state index in [1.54, 1.807) is 18.2 Å². The number of carbonyl (C=O) groups excluding carboxylic acids is 1. The summed E-state index contributed by atoms with van der Waals surface area (Å²) in [7, 11) is 0. The predicted octanol–water partition coefficient (Wildman–Crippen LogP) is 4.91. The molecule has 2 nitrogen and oxygen atoms in total. The summed E-state index contributed by atoms with van der Waals surface area (Å²) >= 11 is 3.28. The molecule has 21 heavy (non-hydrogen) atoms. The van der Waals surface area contributed by atoms with Crippen molar-refractivity contribution in [2.45, 2.75) is 43.9 Å². The third-order valence-corrected chi connectivity index (χ3v) is 4.81. The Morgan fingerprint density at radius 2 is 2.10 bits per heavy atom. The summed E-state index contributed by atoms with van der Waals surface area (Å²) in [5.74, 6) is -1.12. The van der Waals surface area contributed by atoms with Crippen LogP contribution in [-0.2, 0) is 0 Å². The summed E-state index contributed by atoms with van der Waals surface area (Å²) in [5, 5.41) is 0. The molecule has 1 aliphatic heterocycles. The maximum atomic E-state index is 13.0. The molecular formula is C15H14BrF3O2. The lowest BCUT2D eigenvalue weighted by molar-refractivity contribution is -0.197. The number of alkyl halides is 3. The number of Topliss-reactive ketones (excluding diaryl/α,β-unsaturated/α-hetero) is 1. The quantitative estimate of drug-likeness (QED) is 0.655. The molecule has 2 unspecified atom stereocenters. The molecule has 0 radical (unpaired) electrons. The zero-order valence-corrected chi connectivity index (χ0v) is 12.8. The van der Waals surface area contributed by atoms with Crippen LogP contribution in [0.2, 0.25) is 0 Å². The van der Waals surface area contributed by atoms with E-state index in [1.165, 1.54) is 0 Å². The van der Waals surface area contributed by atoms with Gasteiger partial charge in [0.05, 0.1) is 17.9 Å². The largest absolute Gasteiger partial charge is 0.486 e. The van der Waals surface area contributed by atoms with E-state index in [9.17, 15) is 18.0 Å². The molecule has 0 aromatic heterocycles. The van der Waals surface area contributed by atoms with Crippen molar-refractivity contribution in [1.29, 1.82) is 0 Å². The van der Waals surface area contributed by atoms with Gasteiger partial charge in [-0.25, -0.2) is 0 Å². The molecule has 0 N–H and O–H groups in total. The van der Waals surface area contributed by atoms with Crippen molar-refractivity contribution in [1.82, 2.24) is 0 Å². The average Bonchev–Trinajstić information content (AvgIpc) is 2.39. The Bertz CT molecular complexity index is 585. The average molecular weight is 363 g/mol. The highest BCUT2D eigenvalue weighted by Gasteiger charge is 2.51. The first kappa shape index (κ1) is 14.9. The standard InChI is InChI=1S/C15H14BrF3O2/c16-10-3-4-13-11(6-10)12(20)8-14(21-13)5-1-2-9(7-14)15(17,18)19/h3-4,6,9H,1-2,5,7-8H2. The van der Waals surface area contributed by atoms with E-state index in [0.717, 1.165) is 4.47 Å². The number of hydrogen-bond acceptors (Lipinski definition) is 2. The highest BCUT2D eigenvalue weighted by Crippen LogP contribution is 2.48. The summed E-state index contributed by atoms with van der Waals surface area (Å²) in [6.07, 6.45) is -3.26. The number of ketones is 1. The Morgan fingerprint density at radius 3 is 2.81 bits per heavy atom. The van der Waals surface area contributed by atoms with E-state index in [2.05, 4.69) is 15.9 Å². The maximum Gasteiger partial charge on any atom is 0.391 e. The Kier molecular flexibility index (Phi) is 3.55. The minimum absolute atomic E-state index is 0.0308. The topological polar surface area (TPSA) is 26.3 Å². The summed E-state index contributed by atoms with van der Waals surface area (Å²) < 4.78 is 45.6. The zero-order chi connectivity index (χ0) is 15.3. The first-order chi connectivity index (χ1) is 9.79. The molecule has 0 bridgehead atoms. The van der Waals surface area contributed by atoms with Crippen molar-refractivity contribution in [3.05, 3.63) is 28.2 Å². The van der Waals surface area contributed by atoms with Crippen molar-refractivity contribution in [2.75, 3.05) is 0 Å². The van der Waals surface area contributed by atoms with Crippen LogP contribution in [0.3, 0.4) is 0 Å². The molecular weight excluding hydrogens is 349 g/mol. The molecule has 3 rings (SSSR count). The Morgan fingerprint density at radius 1 is 1.33 bits per heavy atom. The molecule has 1 spiro atoms. The second-order valence-electron chi connectivity index (χ2n) is 5.86. The fourth-order valence-corrected chi connectivity index (χ4v) is 3.68. The molecule has 0 saturated heterocycles. The van der Waals surface area contributed by atoms with Crippen LogP contribution in [0.5, 0.6) is 5.75 Å². The first-order valence-electron chi connectivity index (χ1n) is 6.88. The van der Waals surface area contributed by atoms with E-state index in [0.29, 0.717) is 24.2 Å². The second-order valence-corrected chi connectivity index (χ2v) is 6.78. The van der Waals surface area contributed by atoms with Gasteiger partial charge in [-0.2, -0.15) is 13.2 Å². The third-order valence-electron chi connectivity index (χ3n) is 4.32. The van der Waals surface area contributed by atoms with Crippen LogP contribution < -0.4 is 4.74 Å².